The highest BCUT2D eigenvalue weighted by molar-refractivity contribution is 5.84. The SMILES string of the molecule is CCC(NC(=O)NCC(=O)NC(C)C)c1cc(F)ccc1F. The summed E-state index contributed by atoms with van der Waals surface area (Å²) in [6.07, 6.45) is 0.381. The van der Waals surface area contributed by atoms with Crippen LogP contribution in [0.4, 0.5) is 13.6 Å². The van der Waals surface area contributed by atoms with Crippen LogP contribution in [0.25, 0.3) is 0 Å². The number of hydrogen-bond donors (Lipinski definition) is 3. The Morgan fingerprint density at radius 2 is 1.86 bits per heavy atom. The smallest absolute Gasteiger partial charge is 0.315 e. The van der Waals surface area contributed by atoms with E-state index in [2.05, 4.69) is 16.0 Å². The fourth-order valence-electron chi connectivity index (χ4n) is 1.92. The first-order chi connectivity index (χ1) is 10.3. The molecule has 3 N–H and O–H groups in total. The van der Waals surface area contributed by atoms with Gasteiger partial charge in [0.2, 0.25) is 5.91 Å². The molecule has 0 heterocycles. The quantitative estimate of drug-likeness (QED) is 0.754. The van der Waals surface area contributed by atoms with E-state index in [1.165, 1.54) is 0 Å². The Hall–Kier alpha value is -2.18. The number of urea groups is 1. The predicted molar refractivity (Wildman–Crippen MR) is 79.2 cm³/mol. The van der Waals surface area contributed by atoms with E-state index in [9.17, 15) is 18.4 Å². The number of benzene rings is 1. The molecule has 122 valence electrons. The Kier molecular flexibility index (Phi) is 6.75. The Bertz CT molecular complexity index is 536. The molecule has 0 aliphatic carbocycles. The van der Waals surface area contributed by atoms with Gasteiger partial charge < -0.3 is 16.0 Å². The van der Waals surface area contributed by atoms with Gasteiger partial charge in [0.05, 0.1) is 12.6 Å². The van der Waals surface area contributed by atoms with Crippen LogP contribution in [0.1, 0.15) is 38.8 Å². The highest BCUT2D eigenvalue weighted by atomic mass is 19.1. The van der Waals surface area contributed by atoms with Gasteiger partial charge in [-0.3, -0.25) is 4.79 Å². The van der Waals surface area contributed by atoms with Gasteiger partial charge in [0, 0.05) is 11.6 Å². The van der Waals surface area contributed by atoms with E-state index < -0.39 is 23.7 Å². The summed E-state index contributed by atoms with van der Waals surface area (Å²) in [6, 6.07) is 1.76. The van der Waals surface area contributed by atoms with Crippen molar-refractivity contribution < 1.29 is 18.4 Å². The molecule has 1 aromatic carbocycles. The number of nitrogens with one attached hydrogen (secondary N) is 3. The number of amides is 3. The number of rotatable bonds is 6. The molecule has 3 amide bonds. The van der Waals surface area contributed by atoms with Crippen molar-refractivity contribution in [3.63, 3.8) is 0 Å². The Balaban J connectivity index is 2.60. The third-order valence-corrected chi connectivity index (χ3v) is 2.91. The molecule has 0 aliphatic heterocycles. The lowest BCUT2D eigenvalue weighted by Gasteiger charge is -2.18. The zero-order valence-corrected chi connectivity index (χ0v) is 12.9. The monoisotopic (exact) mass is 313 g/mol. The number of carbonyl (C=O) groups is 2. The molecular formula is C15H21F2N3O2. The molecule has 22 heavy (non-hydrogen) atoms. The van der Waals surface area contributed by atoms with E-state index in [-0.39, 0.29) is 24.1 Å². The summed E-state index contributed by atoms with van der Waals surface area (Å²) in [5.41, 5.74) is 0.0734. The van der Waals surface area contributed by atoms with Crippen LogP contribution in [0.2, 0.25) is 0 Å². The molecule has 0 saturated carbocycles. The Labute approximate surface area is 128 Å². The second kappa shape index (κ2) is 8.31. The molecule has 0 radical (unpaired) electrons. The van der Waals surface area contributed by atoms with Gasteiger partial charge in [-0.1, -0.05) is 6.92 Å². The van der Waals surface area contributed by atoms with Crippen molar-refractivity contribution in [3.8, 4) is 0 Å². The van der Waals surface area contributed by atoms with Crippen LogP contribution in [0.15, 0.2) is 18.2 Å². The first kappa shape index (κ1) is 17.9. The van der Waals surface area contributed by atoms with Crippen molar-refractivity contribution in [3.05, 3.63) is 35.4 Å². The first-order valence-electron chi connectivity index (χ1n) is 7.12. The number of hydrogen-bond acceptors (Lipinski definition) is 2. The molecule has 1 rings (SSSR count). The average Bonchev–Trinajstić information content (AvgIpc) is 2.44. The molecule has 1 unspecified atom stereocenters. The van der Waals surface area contributed by atoms with Crippen LogP contribution in [0.5, 0.6) is 0 Å². The van der Waals surface area contributed by atoms with Gasteiger partial charge in [-0.25, -0.2) is 13.6 Å². The molecule has 5 nitrogen and oxygen atoms in total. The zero-order chi connectivity index (χ0) is 16.7. The summed E-state index contributed by atoms with van der Waals surface area (Å²) >= 11 is 0. The largest absolute Gasteiger partial charge is 0.352 e. The molecule has 0 aliphatic rings. The molecule has 0 bridgehead atoms. The topological polar surface area (TPSA) is 70.2 Å². The van der Waals surface area contributed by atoms with Gasteiger partial charge in [-0.15, -0.1) is 0 Å². The fourth-order valence-corrected chi connectivity index (χ4v) is 1.92. The van der Waals surface area contributed by atoms with Crippen molar-refractivity contribution in [2.24, 2.45) is 0 Å². The van der Waals surface area contributed by atoms with Crippen LogP contribution in [0.3, 0.4) is 0 Å². The standard InChI is InChI=1S/C15H21F2N3O2/c1-4-13(11-7-10(16)5-6-12(11)17)20-15(22)18-8-14(21)19-9(2)3/h5-7,9,13H,4,8H2,1-3H3,(H,19,21)(H2,18,20,22). The minimum Gasteiger partial charge on any atom is -0.352 e. The van der Waals surface area contributed by atoms with Crippen LogP contribution in [-0.2, 0) is 4.79 Å². The molecular weight excluding hydrogens is 292 g/mol. The van der Waals surface area contributed by atoms with E-state index in [1.807, 2.05) is 0 Å². The first-order valence-corrected chi connectivity index (χ1v) is 7.12. The van der Waals surface area contributed by atoms with Gasteiger partial charge in [-0.05, 0) is 38.5 Å². The highest BCUT2D eigenvalue weighted by Gasteiger charge is 2.17. The van der Waals surface area contributed by atoms with Crippen molar-refractivity contribution in [2.45, 2.75) is 39.3 Å². The highest BCUT2D eigenvalue weighted by Crippen LogP contribution is 2.20. The maximum atomic E-state index is 13.7. The van der Waals surface area contributed by atoms with E-state index >= 15 is 0 Å². The molecule has 0 spiro atoms. The van der Waals surface area contributed by atoms with Crippen LogP contribution in [-0.4, -0.2) is 24.5 Å². The lowest BCUT2D eigenvalue weighted by molar-refractivity contribution is -0.120. The summed E-state index contributed by atoms with van der Waals surface area (Å²) in [6.45, 7) is 5.16. The van der Waals surface area contributed by atoms with Gasteiger partial charge in [-0.2, -0.15) is 0 Å². The van der Waals surface area contributed by atoms with Crippen molar-refractivity contribution in [1.29, 1.82) is 0 Å². The minimum absolute atomic E-state index is 0.0258. The third kappa shape index (κ3) is 5.67. The van der Waals surface area contributed by atoms with Gasteiger partial charge in [0.15, 0.2) is 0 Å². The molecule has 0 fully saturated rings. The van der Waals surface area contributed by atoms with Crippen LogP contribution < -0.4 is 16.0 Å². The molecule has 1 aromatic rings. The average molecular weight is 313 g/mol. The number of carbonyl (C=O) groups excluding carboxylic acids is 2. The van der Waals surface area contributed by atoms with E-state index in [0.717, 1.165) is 18.2 Å². The lowest BCUT2D eigenvalue weighted by Crippen LogP contribution is -2.44. The maximum Gasteiger partial charge on any atom is 0.315 e. The predicted octanol–water partition coefficient (Wildman–Crippen LogP) is 2.24. The summed E-state index contributed by atoms with van der Waals surface area (Å²) in [5, 5.41) is 7.52. The molecule has 7 heteroatoms. The second-order valence-corrected chi connectivity index (χ2v) is 5.18. The zero-order valence-electron chi connectivity index (χ0n) is 12.9. The van der Waals surface area contributed by atoms with Gasteiger partial charge in [0.1, 0.15) is 11.6 Å². The fraction of sp³-hybridized carbons (Fsp3) is 0.467. The Morgan fingerprint density at radius 3 is 2.45 bits per heavy atom. The molecule has 1 atom stereocenters. The van der Waals surface area contributed by atoms with Crippen LogP contribution in [0, 0.1) is 11.6 Å². The second-order valence-electron chi connectivity index (χ2n) is 5.18. The van der Waals surface area contributed by atoms with E-state index in [1.54, 1.807) is 20.8 Å². The summed E-state index contributed by atoms with van der Waals surface area (Å²) < 4.78 is 26.9. The summed E-state index contributed by atoms with van der Waals surface area (Å²) in [4.78, 5) is 23.2. The van der Waals surface area contributed by atoms with Gasteiger partial charge >= 0.3 is 6.03 Å². The summed E-state index contributed by atoms with van der Waals surface area (Å²) in [7, 11) is 0. The minimum atomic E-state index is -0.677. The van der Waals surface area contributed by atoms with Crippen molar-refractivity contribution in [1.82, 2.24) is 16.0 Å². The van der Waals surface area contributed by atoms with Crippen molar-refractivity contribution >= 4 is 11.9 Å². The lowest BCUT2D eigenvalue weighted by atomic mass is 10.0. The third-order valence-electron chi connectivity index (χ3n) is 2.91. The van der Waals surface area contributed by atoms with E-state index in [4.69, 9.17) is 0 Å². The molecule has 0 aromatic heterocycles. The summed E-state index contributed by atoms with van der Waals surface area (Å²) in [5.74, 6) is -1.49. The number of halogens is 2. The van der Waals surface area contributed by atoms with Crippen molar-refractivity contribution in [2.75, 3.05) is 6.54 Å². The maximum absolute atomic E-state index is 13.7. The molecule has 0 saturated heterocycles. The van der Waals surface area contributed by atoms with Gasteiger partial charge in [0.25, 0.3) is 0 Å². The van der Waals surface area contributed by atoms with Crippen LogP contribution >= 0.6 is 0 Å². The van der Waals surface area contributed by atoms with E-state index in [0.29, 0.717) is 6.42 Å². The Morgan fingerprint density at radius 1 is 1.18 bits per heavy atom. The normalized spacial score (nSPS) is 11.9.